The molecule has 0 unspecified atom stereocenters. The highest BCUT2D eigenvalue weighted by atomic mass is 16.5. The molecule has 0 radical (unpaired) electrons. The lowest BCUT2D eigenvalue weighted by molar-refractivity contribution is -0.143. The van der Waals surface area contributed by atoms with Gasteiger partial charge < -0.3 is 25.2 Å². The quantitative estimate of drug-likeness (QED) is 0.447. The summed E-state index contributed by atoms with van der Waals surface area (Å²) in [6, 6.07) is 16.3. The van der Waals surface area contributed by atoms with Crippen LogP contribution in [-0.4, -0.2) is 55.5 Å². The number of carboxylic acids is 1. The molecule has 1 fully saturated rings. The van der Waals surface area contributed by atoms with Gasteiger partial charge in [-0.25, -0.2) is 4.79 Å². The lowest BCUT2D eigenvalue weighted by Crippen LogP contribution is -2.40. The molecule has 2 aromatic carbocycles. The van der Waals surface area contributed by atoms with E-state index in [2.05, 4.69) is 34.9 Å². The number of hydrogen-bond donors (Lipinski definition) is 3. The first-order chi connectivity index (χ1) is 17.0. The minimum absolute atomic E-state index is 0.0119. The Balaban J connectivity index is 1.10. The van der Waals surface area contributed by atoms with Gasteiger partial charge in [-0.3, -0.25) is 9.59 Å². The Labute approximate surface area is 205 Å². The summed E-state index contributed by atoms with van der Waals surface area (Å²) in [4.78, 5) is 35.4. The molecule has 0 aromatic heterocycles. The molecule has 2 aliphatic carbocycles. The summed E-state index contributed by atoms with van der Waals surface area (Å²) in [5.41, 5.74) is 4.68. The maximum Gasteiger partial charge on any atom is 0.407 e. The van der Waals surface area contributed by atoms with E-state index in [1.807, 2.05) is 24.3 Å². The molecule has 2 aliphatic rings. The van der Waals surface area contributed by atoms with Crippen LogP contribution in [0.1, 0.15) is 49.1 Å². The molecule has 1 saturated carbocycles. The van der Waals surface area contributed by atoms with Crippen molar-refractivity contribution in [3.63, 3.8) is 0 Å². The molecule has 8 heteroatoms. The SMILES string of the molecule is O=C(CCOCCNC(=O)OCC1c2ccccc2-c2ccccc21)N[C@@H]1CCC[C@@H](C(=O)O)C1. The monoisotopic (exact) mass is 480 g/mol. The predicted octanol–water partition coefficient (Wildman–Crippen LogP) is 3.69. The second-order valence-electron chi connectivity index (χ2n) is 9.08. The third kappa shape index (κ3) is 6.39. The average Bonchev–Trinajstić information content (AvgIpc) is 3.18. The van der Waals surface area contributed by atoms with Crippen molar-refractivity contribution in [2.24, 2.45) is 5.92 Å². The van der Waals surface area contributed by atoms with E-state index >= 15 is 0 Å². The number of carbonyl (C=O) groups is 3. The fraction of sp³-hybridized carbons (Fsp3) is 0.444. The number of hydrogen-bond acceptors (Lipinski definition) is 5. The Kier molecular flexibility index (Phi) is 8.36. The van der Waals surface area contributed by atoms with Crippen molar-refractivity contribution in [2.75, 3.05) is 26.4 Å². The number of rotatable bonds is 10. The lowest BCUT2D eigenvalue weighted by Gasteiger charge is -2.27. The van der Waals surface area contributed by atoms with Gasteiger partial charge in [0.1, 0.15) is 6.61 Å². The number of alkyl carbamates (subject to hydrolysis) is 1. The lowest BCUT2D eigenvalue weighted by atomic mass is 9.86. The summed E-state index contributed by atoms with van der Waals surface area (Å²) in [6.07, 6.45) is 2.45. The minimum atomic E-state index is -0.795. The van der Waals surface area contributed by atoms with Crippen LogP contribution in [0.2, 0.25) is 0 Å². The molecule has 2 atom stereocenters. The molecule has 2 amide bonds. The van der Waals surface area contributed by atoms with Crippen molar-refractivity contribution < 1.29 is 29.0 Å². The Morgan fingerprint density at radius 3 is 2.31 bits per heavy atom. The van der Waals surface area contributed by atoms with Gasteiger partial charge in [-0.15, -0.1) is 0 Å². The van der Waals surface area contributed by atoms with Crippen molar-refractivity contribution in [3.05, 3.63) is 59.7 Å². The maximum atomic E-state index is 12.2. The Hall–Kier alpha value is -3.39. The van der Waals surface area contributed by atoms with Gasteiger partial charge in [0.05, 0.1) is 19.1 Å². The molecule has 0 bridgehead atoms. The minimum Gasteiger partial charge on any atom is -0.481 e. The van der Waals surface area contributed by atoms with Crippen LogP contribution in [0.4, 0.5) is 4.79 Å². The van der Waals surface area contributed by atoms with Crippen LogP contribution in [-0.2, 0) is 19.1 Å². The number of carbonyl (C=O) groups excluding carboxylic acids is 2. The van der Waals surface area contributed by atoms with Crippen molar-refractivity contribution in [2.45, 2.75) is 44.1 Å². The van der Waals surface area contributed by atoms with E-state index in [-0.39, 0.29) is 56.6 Å². The number of nitrogens with one attached hydrogen (secondary N) is 2. The summed E-state index contributed by atoms with van der Waals surface area (Å²) in [7, 11) is 0. The van der Waals surface area contributed by atoms with E-state index in [9.17, 15) is 14.4 Å². The van der Waals surface area contributed by atoms with Gasteiger partial charge >= 0.3 is 12.1 Å². The molecule has 0 heterocycles. The molecule has 8 nitrogen and oxygen atoms in total. The predicted molar refractivity (Wildman–Crippen MR) is 130 cm³/mol. The summed E-state index contributed by atoms with van der Waals surface area (Å²) in [5.74, 6) is -1.31. The van der Waals surface area contributed by atoms with Gasteiger partial charge in [0, 0.05) is 24.9 Å². The second kappa shape index (κ2) is 11.8. The van der Waals surface area contributed by atoms with Crippen LogP contribution >= 0.6 is 0 Å². The van der Waals surface area contributed by atoms with E-state index in [1.54, 1.807) is 0 Å². The largest absolute Gasteiger partial charge is 0.481 e. The number of benzene rings is 2. The third-order valence-corrected chi connectivity index (χ3v) is 6.72. The number of ether oxygens (including phenoxy) is 2. The van der Waals surface area contributed by atoms with Gasteiger partial charge in [0.15, 0.2) is 0 Å². The molecule has 0 saturated heterocycles. The van der Waals surface area contributed by atoms with E-state index in [1.165, 1.54) is 11.1 Å². The molecule has 0 spiro atoms. The van der Waals surface area contributed by atoms with Gasteiger partial charge in [-0.2, -0.15) is 0 Å². The van der Waals surface area contributed by atoms with Gasteiger partial charge in [-0.05, 0) is 41.5 Å². The topological polar surface area (TPSA) is 114 Å². The maximum absolute atomic E-state index is 12.2. The molecular weight excluding hydrogens is 448 g/mol. The first-order valence-corrected chi connectivity index (χ1v) is 12.2. The zero-order valence-electron chi connectivity index (χ0n) is 19.7. The Bertz CT molecular complexity index is 1010. The van der Waals surface area contributed by atoms with Crippen LogP contribution in [0.25, 0.3) is 11.1 Å². The van der Waals surface area contributed by atoms with E-state index in [0.717, 1.165) is 24.0 Å². The number of aliphatic carboxylic acids is 1. The van der Waals surface area contributed by atoms with Gasteiger partial charge in [0.25, 0.3) is 0 Å². The molecule has 2 aromatic rings. The van der Waals surface area contributed by atoms with Gasteiger partial charge in [0.2, 0.25) is 5.91 Å². The first-order valence-electron chi connectivity index (χ1n) is 12.2. The fourth-order valence-electron chi connectivity index (χ4n) is 4.99. The van der Waals surface area contributed by atoms with Crippen LogP contribution in [0.5, 0.6) is 0 Å². The molecule has 4 rings (SSSR count). The average molecular weight is 481 g/mol. The third-order valence-electron chi connectivity index (χ3n) is 6.72. The fourth-order valence-corrected chi connectivity index (χ4v) is 4.99. The summed E-state index contributed by atoms with van der Waals surface area (Å²) < 4.78 is 10.9. The molecule has 35 heavy (non-hydrogen) atoms. The normalized spacial score (nSPS) is 18.9. The molecule has 186 valence electrons. The van der Waals surface area contributed by atoms with E-state index < -0.39 is 12.1 Å². The van der Waals surface area contributed by atoms with E-state index in [4.69, 9.17) is 14.6 Å². The molecule has 3 N–H and O–H groups in total. The van der Waals surface area contributed by atoms with Crippen LogP contribution in [0.15, 0.2) is 48.5 Å². The van der Waals surface area contributed by atoms with Crippen LogP contribution < -0.4 is 10.6 Å². The smallest absolute Gasteiger partial charge is 0.407 e. The zero-order chi connectivity index (χ0) is 24.6. The van der Waals surface area contributed by atoms with Crippen molar-refractivity contribution >= 4 is 18.0 Å². The number of fused-ring (bicyclic) bond motifs is 3. The van der Waals surface area contributed by atoms with Crippen LogP contribution in [0, 0.1) is 5.92 Å². The standard InChI is InChI=1S/C27H32N2O6/c30-25(29-19-7-5-6-18(16-19)26(31)32)12-14-34-15-13-28-27(33)35-17-24-22-10-3-1-8-20(22)21-9-2-4-11-23(21)24/h1-4,8-11,18-19,24H,5-7,12-17H2,(H,28,33)(H,29,30)(H,31,32)/t18-,19-/m1/s1. The Morgan fingerprint density at radius 2 is 1.63 bits per heavy atom. The zero-order valence-corrected chi connectivity index (χ0v) is 19.7. The molecule has 0 aliphatic heterocycles. The van der Waals surface area contributed by atoms with Crippen molar-refractivity contribution in [1.82, 2.24) is 10.6 Å². The van der Waals surface area contributed by atoms with Gasteiger partial charge in [-0.1, -0.05) is 55.0 Å². The van der Waals surface area contributed by atoms with Crippen molar-refractivity contribution in [3.8, 4) is 11.1 Å². The highest BCUT2D eigenvalue weighted by Gasteiger charge is 2.29. The summed E-state index contributed by atoms with van der Waals surface area (Å²) in [6.45, 7) is 1.03. The van der Waals surface area contributed by atoms with E-state index in [0.29, 0.717) is 12.8 Å². The summed E-state index contributed by atoms with van der Waals surface area (Å²) >= 11 is 0. The number of carboxylic acid groups (broad SMARTS) is 1. The highest BCUT2D eigenvalue weighted by molar-refractivity contribution is 5.79. The highest BCUT2D eigenvalue weighted by Crippen LogP contribution is 2.44. The first kappa shape index (κ1) is 24.7. The van der Waals surface area contributed by atoms with Crippen LogP contribution in [0.3, 0.4) is 0 Å². The van der Waals surface area contributed by atoms with Crippen molar-refractivity contribution in [1.29, 1.82) is 0 Å². The number of amides is 2. The second-order valence-corrected chi connectivity index (χ2v) is 9.08. The Morgan fingerprint density at radius 1 is 0.943 bits per heavy atom. The summed E-state index contributed by atoms with van der Waals surface area (Å²) in [5, 5.41) is 14.7. The molecular formula is C27H32N2O6.